The first-order chi connectivity index (χ1) is 12.0. The van der Waals surface area contributed by atoms with Crippen LogP contribution in [-0.4, -0.2) is 52.9 Å². The van der Waals surface area contributed by atoms with E-state index in [1.165, 1.54) is 0 Å². The summed E-state index contributed by atoms with van der Waals surface area (Å²) >= 11 is 0.955. The standard InChI is InChI=1S/C16H25N3O6S/c1-6-7-24-13(22)11-9(2)18-14(26-11)19-12(21)10(20)8-17-15(23)25-16(3,4)5/h10,20H,6-8H2,1-5H3,(H,17,23)(H,18,19,21). The smallest absolute Gasteiger partial charge is 0.407 e. The van der Waals surface area contributed by atoms with Gasteiger partial charge in [-0.15, -0.1) is 0 Å². The predicted molar refractivity (Wildman–Crippen MR) is 96.3 cm³/mol. The number of aliphatic hydroxyl groups is 1. The highest BCUT2D eigenvalue weighted by molar-refractivity contribution is 7.17. The van der Waals surface area contributed by atoms with Crippen LogP contribution in [0.1, 0.15) is 49.5 Å². The molecule has 10 heteroatoms. The lowest BCUT2D eigenvalue weighted by molar-refractivity contribution is -0.123. The van der Waals surface area contributed by atoms with E-state index in [2.05, 4.69) is 15.6 Å². The third-order valence-corrected chi connectivity index (χ3v) is 3.84. The molecular formula is C16H25N3O6S. The molecule has 0 saturated heterocycles. The number of rotatable bonds is 7. The number of carbonyl (C=O) groups excluding carboxylic acids is 3. The summed E-state index contributed by atoms with van der Waals surface area (Å²) in [6, 6.07) is 0. The predicted octanol–water partition coefficient (Wildman–Crippen LogP) is 1.84. The maximum Gasteiger partial charge on any atom is 0.407 e. The number of hydrogen-bond donors (Lipinski definition) is 3. The van der Waals surface area contributed by atoms with E-state index in [0.717, 1.165) is 11.3 Å². The molecule has 0 radical (unpaired) electrons. The van der Waals surface area contributed by atoms with Gasteiger partial charge in [-0.25, -0.2) is 14.6 Å². The maximum atomic E-state index is 12.0. The molecule has 1 rings (SSSR count). The second kappa shape index (κ2) is 9.48. The minimum atomic E-state index is -1.50. The lowest BCUT2D eigenvalue weighted by Crippen LogP contribution is -2.41. The molecule has 1 aromatic rings. The number of alkyl carbamates (subject to hydrolysis) is 1. The quantitative estimate of drug-likeness (QED) is 0.609. The van der Waals surface area contributed by atoms with Gasteiger partial charge < -0.3 is 19.9 Å². The third kappa shape index (κ3) is 7.36. The van der Waals surface area contributed by atoms with Crippen LogP contribution in [0, 0.1) is 6.92 Å². The van der Waals surface area contributed by atoms with Gasteiger partial charge in [-0.2, -0.15) is 0 Å². The van der Waals surface area contributed by atoms with E-state index in [-0.39, 0.29) is 16.6 Å². The number of esters is 1. The van der Waals surface area contributed by atoms with E-state index >= 15 is 0 Å². The maximum absolute atomic E-state index is 12.0. The van der Waals surface area contributed by atoms with Gasteiger partial charge in [0.15, 0.2) is 11.2 Å². The van der Waals surface area contributed by atoms with Crippen molar-refractivity contribution in [1.29, 1.82) is 0 Å². The van der Waals surface area contributed by atoms with Gasteiger partial charge in [0, 0.05) is 0 Å². The van der Waals surface area contributed by atoms with Gasteiger partial charge in [-0.05, 0) is 34.1 Å². The summed E-state index contributed by atoms with van der Waals surface area (Å²) in [6.07, 6.45) is -1.54. The van der Waals surface area contributed by atoms with Gasteiger partial charge in [0.1, 0.15) is 10.5 Å². The lowest BCUT2D eigenvalue weighted by Gasteiger charge is -2.20. The van der Waals surface area contributed by atoms with Crippen LogP contribution < -0.4 is 10.6 Å². The number of aryl methyl sites for hydroxylation is 1. The van der Waals surface area contributed by atoms with Crippen LogP contribution in [-0.2, 0) is 14.3 Å². The number of thiazole rings is 1. The van der Waals surface area contributed by atoms with E-state index in [4.69, 9.17) is 9.47 Å². The van der Waals surface area contributed by atoms with Gasteiger partial charge >= 0.3 is 12.1 Å². The van der Waals surface area contributed by atoms with Crippen molar-refractivity contribution in [3.8, 4) is 0 Å². The molecule has 1 heterocycles. The van der Waals surface area contributed by atoms with Gasteiger partial charge in [-0.1, -0.05) is 18.3 Å². The summed E-state index contributed by atoms with van der Waals surface area (Å²) in [4.78, 5) is 39.7. The Hall–Kier alpha value is -2.20. The van der Waals surface area contributed by atoms with Gasteiger partial charge in [0.2, 0.25) is 0 Å². The Kier molecular flexibility index (Phi) is 7.97. The molecule has 1 aromatic heterocycles. The highest BCUT2D eigenvalue weighted by Gasteiger charge is 2.22. The van der Waals surface area contributed by atoms with E-state index in [1.54, 1.807) is 27.7 Å². The van der Waals surface area contributed by atoms with Crippen LogP contribution in [0.4, 0.5) is 9.93 Å². The van der Waals surface area contributed by atoms with Crippen LogP contribution in [0.3, 0.4) is 0 Å². The van der Waals surface area contributed by atoms with Crippen LogP contribution in [0.15, 0.2) is 0 Å². The minimum Gasteiger partial charge on any atom is -0.461 e. The molecule has 0 aliphatic carbocycles. The third-order valence-electron chi connectivity index (χ3n) is 2.79. The second-order valence-electron chi connectivity index (χ2n) is 6.46. The van der Waals surface area contributed by atoms with Crippen molar-refractivity contribution in [3.05, 3.63) is 10.6 Å². The molecule has 3 N–H and O–H groups in total. The molecule has 0 aliphatic heterocycles. The fourth-order valence-corrected chi connectivity index (χ4v) is 2.54. The highest BCUT2D eigenvalue weighted by Crippen LogP contribution is 2.23. The van der Waals surface area contributed by atoms with Crippen molar-refractivity contribution in [2.24, 2.45) is 0 Å². The summed E-state index contributed by atoms with van der Waals surface area (Å²) < 4.78 is 10.0. The molecule has 0 aliphatic rings. The Morgan fingerprint density at radius 2 is 1.96 bits per heavy atom. The summed E-state index contributed by atoms with van der Waals surface area (Å²) in [7, 11) is 0. The molecule has 0 bridgehead atoms. The minimum absolute atomic E-state index is 0.160. The summed E-state index contributed by atoms with van der Waals surface area (Å²) in [5.74, 6) is -1.27. The number of nitrogens with one attached hydrogen (secondary N) is 2. The molecule has 0 spiro atoms. The van der Waals surface area contributed by atoms with Crippen LogP contribution >= 0.6 is 11.3 Å². The molecule has 9 nitrogen and oxygen atoms in total. The van der Waals surface area contributed by atoms with Crippen LogP contribution in [0.5, 0.6) is 0 Å². The zero-order valence-corrected chi connectivity index (χ0v) is 16.4. The van der Waals surface area contributed by atoms with Crippen molar-refractivity contribution in [1.82, 2.24) is 10.3 Å². The SMILES string of the molecule is CCCOC(=O)c1sc(NC(=O)C(O)CNC(=O)OC(C)(C)C)nc1C. The Balaban J connectivity index is 2.56. The number of amides is 2. The summed E-state index contributed by atoms with van der Waals surface area (Å²) in [5, 5.41) is 14.7. The van der Waals surface area contributed by atoms with Crippen molar-refractivity contribution in [2.45, 2.75) is 52.7 Å². The number of anilines is 1. The number of aromatic nitrogens is 1. The van der Waals surface area contributed by atoms with E-state index in [9.17, 15) is 19.5 Å². The molecular weight excluding hydrogens is 362 g/mol. The Morgan fingerprint density at radius 3 is 2.54 bits per heavy atom. The van der Waals surface area contributed by atoms with Crippen molar-refractivity contribution < 1.29 is 29.0 Å². The van der Waals surface area contributed by atoms with Gasteiger partial charge in [0.25, 0.3) is 5.91 Å². The van der Waals surface area contributed by atoms with E-state index in [1.807, 2.05) is 6.92 Å². The zero-order chi connectivity index (χ0) is 19.9. The van der Waals surface area contributed by atoms with Gasteiger partial charge in [0.05, 0.1) is 18.8 Å². The molecule has 0 fully saturated rings. The van der Waals surface area contributed by atoms with Crippen molar-refractivity contribution >= 4 is 34.4 Å². The number of ether oxygens (including phenoxy) is 2. The fraction of sp³-hybridized carbons (Fsp3) is 0.625. The van der Waals surface area contributed by atoms with Crippen molar-refractivity contribution in [2.75, 3.05) is 18.5 Å². The average Bonchev–Trinajstić information content (AvgIpc) is 2.89. The molecule has 0 saturated carbocycles. The summed E-state index contributed by atoms with van der Waals surface area (Å²) in [6.45, 7) is 8.57. The largest absolute Gasteiger partial charge is 0.461 e. The first-order valence-corrected chi connectivity index (χ1v) is 8.95. The number of carbonyl (C=O) groups is 3. The first kappa shape index (κ1) is 21.8. The lowest BCUT2D eigenvalue weighted by atomic mass is 10.2. The van der Waals surface area contributed by atoms with Crippen LogP contribution in [0.25, 0.3) is 0 Å². The molecule has 2 amide bonds. The Morgan fingerprint density at radius 1 is 1.31 bits per heavy atom. The molecule has 146 valence electrons. The number of hydrogen-bond acceptors (Lipinski definition) is 8. The normalized spacial score (nSPS) is 12.2. The monoisotopic (exact) mass is 387 g/mol. The first-order valence-electron chi connectivity index (χ1n) is 8.13. The van der Waals surface area contributed by atoms with Crippen LogP contribution in [0.2, 0.25) is 0 Å². The summed E-state index contributed by atoms with van der Waals surface area (Å²) in [5.41, 5.74) is -0.258. The van der Waals surface area contributed by atoms with E-state index in [0.29, 0.717) is 18.7 Å². The molecule has 1 atom stereocenters. The second-order valence-corrected chi connectivity index (χ2v) is 7.46. The van der Waals surface area contributed by atoms with E-state index < -0.39 is 29.7 Å². The molecule has 26 heavy (non-hydrogen) atoms. The fourth-order valence-electron chi connectivity index (χ4n) is 1.68. The average molecular weight is 387 g/mol. The molecule has 0 aromatic carbocycles. The van der Waals surface area contributed by atoms with Crippen molar-refractivity contribution in [3.63, 3.8) is 0 Å². The zero-order valence-electron chi connectivity index (χ0n) is 15.5. The Bertz CT molecular complexity index is 653. The number of aliphatic hydroxyl groups excluding tert-OH is 1. The topological polar surface area (TPSA) is 127 Å². The Labute approximate surface area is 156 Å². The highest BCUT2D eigenvalue weighted by atomic mass is 32.1. The molecule has 1 unspecified atom stereocenters. The number of nitrogens with zero attached hydrogens (tertiary/aromatic N) is 1. The van der Waals surface area contributed by atoms with Gasteiger partial charge in [-0.3, -0.25) is 10.1 Å².